The van der Waals surface area contributed by atoms with Crippen LogP contribution in [-0.4, -0.2) is 79.5 Å². The molecule has 12 nitrogen and oxygen atoms in total. The van der Waals surface area contributed by atoms with Crippen molar-refractivity contribution < 1.29 is 47.5 Å². The number of rotatable bonds is 31. The van der Waals surface area contributed by atoms with Crippen LogP contribution in [0.15, 0.2) is 212 Å². The molecule has 0 aliphatic carbocycles. The largest absolute Gasteiger partial charge is 0.374 e. The van der Waals surface area contributed by atoms with Crippen LogP contribution in [-0.2, 0) is 82.3 Å². The Labute approximate surface area is 479 Å². The fourth-order valence-electron chi connectivity index (χ4n) is 10.3. The number of hydrogen-bond donors (Lipinski definition) is 2. The lowest BCUT2D eigenvalue weighted by Crippen LogP contribution is -2.63. The van der Waals surface area contributed by atoms with Gasteiger partial charge in [-0.25, -0.2) is 0 Å². The maximum atomic E-state index is 15.3. The van der Waals surface area contributed by atoms with E-state index < -0.39 is 59.9 Å². The summed E-state index contributed by atoms with van der Waals surface area (Å²) in [4.78, 5) is 28.8. The van der Waals surface area contributed by atoms with Gasteiger partial charge in [-0.2, -0.15) is 0 Å². The Morgan fingerprint density at radius 3 is 1.37 bits per heavy atom. The predicted molar refractivity (Wildman–Crippen MR) is 314 cm³/mol. The minimum atomic E-state index is -1.09. The molecule has 7 aromatic carbocycles. The summed E-state index contributed by atoms with van der Waals surface area (Å²) in [6.07, 6.45) is -4.59. The van der Waals surface area contributed by atoms with Crippen LogP contribution in [0.1, 0.15) is 91.2 Å². The molecule has 2 N–H and O–H groups in total. The quantitative estimate of drug-likeness (QED) is 0.0433. The molecule has 7 aromatic rings. The molecule has 1 heterocycles. The first-order valence-electron chi connectivity index (χ1n) is 28.3. The summed E-state index contributed by atoms with van der Waals surface area (Å²) in [5.41, 5.74) is 4.56. The Bertz CT molecular complexity index is 2880. The molecular formula is C69H80N2O10. The minimum Gasteiger partial charge on any atom is -0.374 e. The van der Waals surface area contributed by atoms with E-state index in [0.717, 1.165) is 33.4 Å². The Hall–Kier alpha value is -6.84. The summed E-state index contributed by atoms with van der Waals surface area (Å²) < 4.78 is 55.8. The average molecular weight is 1100 g/mol. The highest BCUT2D eigenvalue weighted by molar-refractivity contribution is 5.94. The van der Waals surface area contributed by atoms with Crippen molar-refractivity contribution in [1.29, 1.82) is 0 Å². The van der Waals surface area contributed by atoms with Gasteiger partial charge in [-0.05, 0) is 72.2 Å². The molecule has 5 unspecified atom stereocenters. The molecule has 0 bridgehead atoms. The molecule has 426 valence electrons. The second kappa shape index (κ2) is 30.8. The molecule has 1 saturated heterocycles. The van der Waals surface area contributed by atoms with Crippen LogP contribution in [0, 0.1) is 5.41 Å². The van der Waals surface area contributed by atoms with Crippen molar-refractivity contribution in [2.45, 2.75) is 142 Å². The van der Waals surface area contributed by atoms with Crippen molar-refractivity contribution in [2.75, 3.05) is 13.2 Å². The van der Waals surface area contributed by atoms with E-state index in [1.54, 1.807) is 12.1 Å². The van der Waals surface area contributed by atoms with Crippen molar-refractivity contribution in [3.63, 3.8) is 0 Å². The maximum Gasteiger partial charge on any atom is 0.251 e. The van der Waals surface area contributed by atoms with Crippen LogP contribution in [0.25, 0.3) is 0 Å². The van der Waals surface area contributed by atoms with Gasteiger partial charge in [-0.1, -0.05) is 221 Å². The summed E-state index contributed by atoms with van der Waals surface area (Å²) in [6.45, 7) is 11.3. The predicted octanol–water partition coefficient (Wildman–Crippen LogP) is 12.4. The highest BCUT2D eigenvalue weighted by Gasteiger charge is 2.50. The van der Waals surface area contributed by atoms with E-state index in [-0.39, 0.29) is 51.5 Å². The number of benzene rings is 7. The first kappa shape index (κ1) is 60.3. The van der Waals surface area contributed by atoms with Gasteiger partial charge in [-0.15, -0.1) is 0 Å². The zero-order chi connectivity index (χ0) is 56.7. The fraction of sp³-hybridized carbons (Fsp3) is 0.362. The van der Waals surface area contributed by atoms with Crippen LogP contribution >= 0.6 is 0 Å². The van der Waals surface area contributed by atoms with Gasteiger partial charge >= 0.3 is 0 Å². The average Bonchev–Trinajstić information content (AvgIpc) is 3.64. The minimum absolute atomic E-state index is 0.102. The number of ether oxygens (including phenoxy) is 8. The molecule has 2 amide bonds. The van der Waals surface area contributed by atoms with Gasteiger partial charge < -0.3 is 48.5 Å². The van der Waals surface area contributed by atoms with Crippen LogP contribution < -0.4 is 10.6 Å². The van der Waals surface area contributed by atoms with E-state index in [4.69, 9.17) is 37.9 Å². The van der Waals surface area contributed by atoms with Gasteiger partial charge in [0.25, 0.3) is 5.91 Å². The Balaban J connectivity index is 1.16. The Morgan fingerprint density at radius 1 is 0.494 bits per heavy atom. The zero-order valence-electron chi connectivity index (χ0n) is 47.5. The molecule has 1 aliphatic heterocycles. The third-order valence-corrected chi connectivity index (χ3v) is 14.3. The number of amides is 2. The second-order valence-electron chi connectivity index (χ2n) is 22.0. The third-order valence-electron chi connectivity index (χ3n) is 14.3. The lowest BCUT2D eigenvalue weighted by molar-refractivity contribution is -0.330. The normalized spacial score (nSPS) is 18.6. The van der Waals surface area contributed by atoms with Gasteiger partial charge in [0.05, 0.1) is 65.0 Å². The zero-order valence-corrected chi connectivity index (χ0v) is 47.5. The van der Waals surface area contributed by atoms with Gasteiger partial charge in [0, 0.05) is 16.5 Å². The van der Waals surface area contributed by atoms with Crippen LogP contribution in [0.4, 0.5) is 0 Å². The molecule has 8 rings (SSSR count). The van der Waals surface area contributed by atoms with Gasteiger partial charge in [0.2, 0.25) is 5.91 Å². The molecule has 81 heavy (non-hydrogen) atoms. The lowest BCUT2D eigenvalue weighted by atomic mass is 9.79. The van der Waals surface area contributed by atoms with E-state index in [9.17, 15) is 4.79 Å². The monoisotopic (exact) mass is 1100 g/mol. The number of hydrogen-bond acceptors (Lipinski definition) is 10. The molecule has 0 spiro atoms. The Morgan fingerprint density at radius 2 is 0.901 bits per heavy atom. The smallest absolute Gasteiger partial charge is 0.251 e. The van der Waals surface area contributed by atoms with Crippen LogP contribution in [0.2, 0.25) is 0 Å². The summed E-state index contributed by atoms with van der Waals surface area (Å²) in [5, 5.41) is 6.61. The molecule has 8 atom stereocenters. The summed E-state index contributed by atoms with van der Waals surface area (Å²) >= 11 is 0. The number of carbonyl (C=O) groups excluding carboxylic acids is 2. The molecule has 0 saturated carbocycles. The third kappa shape index (κ3) is 18.9. The van der Waals surface area contributed by atoms with Crippen molar-refractivity contribution >= 4 is 11.8 Å². The highest BCUT2D eigenvalue weighted by Crippen LogP contribution is 2.34. The van der Waals surface area contributed by atoms with E-state index >= 15 is 4.79 Å². The Kier molecular flexibility index (Phi) is 22.9. The summed E-state index contributed by atoms with van der Waals surface area (Å²) in [5.74, 6) is -0.491. The van der Waals surface area contributed by atoms with E-state index in [2.05, 4.69) is 17.6 Å². The number of nitrogens with one attached hydrogen (secondary N) is 2. The van der Waals surface area contributed by atoms with Crippen LogP contribution in [0.3, 0.4) is 0 Å². The molecule has 1 fully saturated rings. The molecule has 1 aliphatic rings. The molecule has 0 radical (unpaired) electrons. The fourth-order valence-corrected chi connectivity index (χ4v) is 10.3. The van der Waals surface area contributed by atoms with Crippen molar-refractivity contribution in [3.05, 3.63) is 251 Å². The first-order valence-corrected chi connectivity index (χ1v) is 28.3. The summed E-state index contributed by atoms with van der Waals surface area (Å²) in [6, 6.07) is 68.2. The van der Waals surface area contributed by atoms with Crippen molar-refractivity contribution in [1.82, 2.24) is 10.6 Å². The van der Waals surface area contributed by atoms with Gasteiger partial charge in [0.1, 0.15) is 30.5 Å². The van der Waals surface area contributed by atoms with Gasteiger partial charge in [-0.3, -0.25) is 9.59 Å². The standard InChI is InChI=1S/C69H80N2O10/c1-6-59(75-43-52-30-16-8-17-31-52)61(76-44-53-32-18-9-19-33-53)58(70-67(73)68(2,3)50-69(4,5)71-65(72)57-40-26-13-27-41-57)48-80-66-64(79-47-56-38-24-12-25-39-56)63(78-46-55-36-22-11-23-37-55)62(77-45-54-34-20-10-21-35-54)60(81-66)49-74-42-51-28-14-7-15-29-51/h7-41,58-64,66H,6,42-50H2,1-5H3,(H,70,73)(H,71,72)/t58-,59+,60?,61-,62?,63?,64?,66?/m0/s1. The SMILES string of the molecule is CC[C@@H](OCc1ccccc1)[C@@H](OCc1ccccc1)[C@H](COC1OC(COCc2ccccc2)C(OCc2ccccc2)C(OCc2ccccc2)C1OCc1ccccc1)NC(=O)C(C)(C)CC(C)(C)NC(=O)c1ccccc1. The second-order valence-corrected chi connectivity index (χ2v) is 22.0. The van der Waals surface area contributed by atoms with Crippen molar-refractivity contribution in [3.8, 4) is 0 Å². The first-order chi connectivity index (χ1) is 39.4. The highest BCUT2D eigenvalue weighted by atomic mass is 16.7. The van der Waals surface area contributed by atoms with E-state index in [1.807, 2.05) is 228 Å². The maximum absolute atomic E-state index is 15.3. The molecule has 12 heteroatoms. The summed E-state index contributed by atoms with van der Waals surface area (Å²) in [7, 11) is 0. The van der Waals surface area contributed by atoms with Crippen molar-refractivity contribution in [2.24, 2.45) is 5.41 Å². The topological polar surface area (TPSA) is 132 Å². The number of carbonyl (C=O) groups is 2. The van der Waals surface area contributed by atoms with Gasteiger partial charge in [0.15, 0.2) is 6.29 Å². The van der Waals surface area contributed by atoms with E-state index in [0.29, 0.717) is 31.6 Å². The van der Waals surface area contributed by atoms with Crippen LogP contribution in [0.5, 0.6) is 0 Å². The van der Waals surface area contributed by atoms with E-state index in [1.165, 1.54) is 0 Å². The molecule has 0 aromatic heterocycles. The molecular weight excluding hydrogens is 1020 g/mol. The lowest BCUT2D eigenvalue weighted by Gasteiger charge is -2.46.